The second-order valence-corrected chi connectivity index (χ2v) is 9.23. The number of β-amino-alcohol motifs (C(OH)–C–C–N with tert-alkyl or cyclic N) is 1. The van der Waals surface area contributed by atoms with Crippen molar-refractivity contribution < 1.29 is 29.7 Å². The lowest BCUT2D eigenvalue weighted by molar-refractivity contribution is -0.137. The first-order valence-corrected chi connectivity index (χ1v) is 11.7. The van der Waals surface area contributed by atoms with Gasteiger partial charge in [-0.2, -0.15) is 5.26 Å². The Balaban J connectivity index is 1.66. The smallest absolute Gasteiger partial charge is 0.305 e. The van der Waals surface area contributed by atoms with Crippen LogP contribution < -0.4 is 21.3 Å². The summed E-state index contributed by atoms with van der Waals surface area (Å²) >= 11 is 0. The molecule has 13 heteroatoms. The van der Waals surface area contributed by atoms with E-state index in [1.54, 1.807) is 0 Å². The number of carboxylic acids is 1. The van der Waals surface area contributed by atoms with Crippen molar-refractivity contribution in [1.29, 1.82) is 5.26 Å². The molecule has 0 saturated heterocycles. The molecule has 38 heavy (non-hydrogen) atoms. The first-order chi connectivity index (χ1) is 17.9. The Morgan fingerprint density at radius 1 is 1.24 bits per heavy atom. The van der Waals surface area contributed by atoms with E-state index in [0.29, 0.717) is 29.3 Å². The minimum absolute atomic E-state index is 0.165. The van der Waals surface area contributed by atoms with Crippen molar-refractivity contribution in [3.63, 3.8) is 0 Å². The van der Waals surface area contributed by atoms with Crippen molar-refractivity contribution >= 4 is 29.4 Å². The number of carboxylic acid groups (broad SMARTS) is 1. The van der Waals surface area contributed by atoms with Crippen LogP contribution in [-0.2, 0) is 15.2 Å². The number of pyridine rings is 1. The molecule has 0 radical (unpaired) electrons. The average Bonchev–Trinajstić information content (AvgIpc) is 2.87. The molecule has 3 rings (SSSR count). The first-order valence-electron chi connectivity index (χ1n) is 11.7. The van der Waals surface area contributed by atoms with Crippen LogP contribution in [0.1, 0.15) is 53.4 Å². The van der Waals surface area contributed by atoms with Crippen molar-refractivity contribution in [3.8, 4) is 6.07 Å². The van der Waals surface area contributed by atoms with E-state index in [-0.39, 0.29) is 17.7 Å². The second kappa shape index (κ2) is 12.1. The summed E-state index contributed by atoms with van der Waals surface area (Å²) in [5.41, 5.74) is 0.244. The van der Waals surface area contributed by atoms with Gasteiger partial charge >= 0.3 is 5.97 Å². The number of amides is 2. The third-order valence-corrected chi connectivity index (χ3v) is 5.55. The number of benzene rings is 1. The number of rotatable bonds is 9. The van der Waals surface area contributed by atoms with Crippen LogP contribution in [0.5, 0.6) is 0 Å². The van der Waals surface area contributed by atoms with Crippen LogP contribution >= 0.6 is 0 Å². The normalized spacial score (nSPS) is 15.8. The van der Waals surface area contributed by atoms with E-state index in [1.807, 2.05) is 6.07 Å². The lowest BCUT2D eigenvalue weighted by atomic mass is 9.91. The maximum atomic E-state index is 12.6. The fraction of sp³-hybridized carbons (Fsp3) is 0.360. The minimum atomic E-state index is -1.30. The van der Waals surface area contributed by atoms with Gasteiger partial charge in [0, 0.05) is 12.7 Å². The SMILES string of the molecule is CC(C)(O)c1cc(C#N)cc([C@H](CC(=O)O)NC(=O)CNC(=O)c2cncc(NC3=NCC(O)CN3)c2)c1. The summed E-state index contributed by atoms with van der Waals surface area (Å²) in [7, 11) is 0. The fourth-order valence-corrected chi connectivity index (χ4v) is 3.59. The number of aliphatic carboxylic acids is 1. The summed E-state index contributed by atoms with van der Waals surface area (Å²) in [6, 6.07) is 6.93. The number of carbonyl (C=O) groups is 3. The molecule has 200 valence electrons. The van der Waals surface area contributed by atoms with Gasteiger partial charge in [-0.3, -0.25) is 24.4 Å². The highest BCUT2D eigenvalue weighted by atomic mass is 16.4. The van der Waals surface area contributed by atoms with Gasteiger partial charge in [0.25, 0.3) is 5.91 Å². The van der Waals surface area contributed by atoms with Crippen LogP contribution in [0.3, 0.4) is 0 Å². The number of anilines is 1. The number of nitriles is 1. The monoisotopic (exact) mass is 523 g/mol. The molecule has 0 fully saturated rings. The molecule has 2 heterocycles. The molecule has 1 aromatic carbocycles. The molecule has 1 unspecified atom stereocenters. The summed E-state index contributed by atoms with van der Waals surface area (Å²) in [6.07, 6.45) is 1.74. The van der Waals surface area contributed by atoms with E-state index < -0.39 is 48.5 Å². The van der Waals surface area contributed by atoms with Gasteiger partial charge in [-0.1, -0.05) is 6.07 Å². The van der Waals surface area contributed by atoms with Crippen LogP contribution in [0.4, 0.5) is 5.69 Å². The number of aromatic nitrogens is 1. The predicted molar refractivity (Wildman–Crippen MR) is 136 cm³/mol. The minimum Gasteiger partial charge on any atom is -0.481 e. The third-order valence-electron chi connectivity index (χ3n) is 5.55. The lowest BCUT2D eigenvalue weighted by Gasteiger charge is -2.23. The summed E-state index contributed by atoms with van der Waals surface area (Å²) in [5, 5.41) is 49.5. The van der Waals surface area contributed by atoms with Gasteiger partial charge in [0.1, 0.15) is 0 Å². The second-order valence-electron chi connectivity index (χ2n) is 9.23. The molecule has 0 saturated carbocycles. The van der Waals surface area contributed by atoms with Crippen LogP contribution in [0.2, 0.25) is 0 Å². The number of hydrogen-bond donors (Lipinski definition) is 7. The Kier molecular flexibility index (Phi) is 8.95. The van der Waals surface area contributed by atoms with Gasteiger partial charge in [0.2, 0.25) is 5.91 Å². The van der Waals surface area contributed by atoms with Gasteiger partial charge in [-0.05, 0) is 43.2 Å². The summed E-state index contributed by atoms with van der Waals surface area (Å²) in [6.45, 7) is 3.17. The van der Waals surface area contributed by atoms with Crippen molar-refractivity contribution in [2.24, 2.45) is 4.99 Å². The maximum Gasteiger partial charge on any atom is 0.305 e. The number of carbonyl (C=O) groups excluding carboxylic acids is 2. The van der Waals surface area contributed by atoms with Gasteiger partial charge in [-0.15, -0.1) is 0 Å². The zero-order valence-corrected chi connectivity index (χ0v) is 20.9. The molecule has 1 aliphatic rings. The number of aliphatic imine (C=N–C) groups is 1. The fourth-order valence-electron chi connectivity index (χ4n) is 3.59. The number of guanidine groups is 1. The summed E-state index contributed by atoms with van der Waals surface area (Å²) < 4.78 is 0. The molecule has 2 aromatic rings. The molecule has 0 bridgehead atoms. The molecular formula is C25H29N7O6. The van der Waals surface area contributed by atoms with Crippen molar-refractivity contribution in [3.05, 3.63) is 58.9 Å². The largest absolute Gasteiger partial charge is 0.481 e. The number of nitrogens with one attached hydrogen (secondary N) is 4. The Morgan fingerprint density at radius 2 is 2.00 bits per heavy atom. The quantitative estimate of drug-likeness (QED) is 0.233. The van der Waals surface area contributed by atoms with E-state index in [0.717, 1.165) is 0 Å². The highest BCUT2D eigenvalue weighted by molar-refractivity contribution is 5.99. The summed E-state index contributed by atoms with van der Waals surface area (Å²) in [4.78, 5) is 44.9. The highest BCUT2D eigenvalue weighted by Crippen LogP contribution is 2.26. The van der Waals surface area contributed by atoms with E-state index in [4.69, 9.17) is 0 Å². The number of aliphatic hydroxyl groups is 2. The molecule has 1 aromatic heterocycles. The third kappa shape index (κ3) is 7.99. The van der Waals surface area contributed by atoms with E-state index in [1.165, 1.54) is 50.5 Å². The molecule has 2 atom stereocenters. The molecular weight excluding hydrogens is 494 g/mol. The number of aliphatic hydroxyl groups excluding tert-OH is 1. The molecule has 0 spiro atoms. The van der Waals surface area contributed by atoms with E-state index in [9.17, 15) is 35.0 Å². The van der Waals surface area contributed by atoms with Gasteiger partial charge in [-0.25, -0.2) is 0 Å². The Labute approximate surface area is 218 Å². The van der Waals surface area contributed by atoms with Crippen molar-refractivity contribution in [2.75, 3.05) is 25.0 Å². The standard InChI is InChI=1S/C25H29N7O6/c1-25(2,38)17-4-14(8-26)3-15(5-17)20(7-22(35)36)32-21(34)13-28-23(37)16-6-18(10-27-9-16)31-24-29-11-19(33)12-30-24/h3-6,9-10,19-20,33,38H,7,11-13H2,1-2H3,(H,28,37)(H,32,34)(H,35,36)(H2,29,30,31)/t20-/m0/s1. The van der Waals surface area contributed by atoms with Crippen LogP contribution in [0, 0.1) is 11.3 Å². The van der Waals surface area contributed by atoms with Crippen LogP contribution in [0.15, 0.2) is 41.7 Å². The van der Waals surface area contributed by atoms with E-state index >= 15 is 0 Å². The van der Waals surface area contributed by atoms with E-state index in [2.05, 4.69) is 31.2 Å². The van der Waals surface area contributed by atoms with Crippen LogP contribution in [0.25, 0.3) is 0 Å². The number of nitrogens with zero attached hydrogens (tertiary/aromatic N) is 3. The van der Waals surface area contributed by atoms with Crippen molar-refractivity contribution in [1.82, 2.24) is 20.9 Å². The first kappa shape index (κ1) is 28.0. The number of hydrogen-bond acceptors (Lipinski definition) is 10. The zero-order chi connectivity index (χ0) is 27.9. The van der Waals surface area contributed by atoms with Gasteiger partial charge in [0.15, 0.2) is 5.96 Å². The Hall–Kier alpha value is -4.54. The predicted octanol–water partition coefficient (Wildman–Crippen LogP) is -0.0253. The average molecular weight is 524 g/mol. The Bertz CT molecular complexity index is 1280. The summed E-state index contributed by atoms with van der Waals surface area (Å²) in [5.74, 6) is -2.01. The van der Waals surface area contributed by atoms with Crippen LogP contribution in [-0.4, -0.2) is 69.8 Å². The molecule has 7 N–H and O–H groups in total. The van der Waals surface area contributed by atoms with Gasteiger partial charge < -0.3 is 36.6 Å². The zero-order valence-electron chi connectivity index (χ0n) is 20.9. The molecule has 2 amide bonds. The lowest BCUT2D eigenvalue weighted by Crippen LogP contribution is -2.42. The maximum absolute atomic E-state index is 12.6. The topological polar surface area (TPSA) is 209 Å². The Morgan fingerprint density at radius 3 is 2.63 bits per heavy atom. The van der Waals surface area contributed by atoms with Crippen molar-refractivity contribution in [2.45, 2.75) is 38.0 Å². The highest BCUT2D eigenvalue weighted by Gasteiger charge is 2.23. The molecule has 0 aliphatic carbocycles. The van der Waals surface area contributed by atoms with Gasteiger partial charge in [0.05, 0.1) is 66.3 Å². The molecule has 1 aliphatic heterocycles. The molecule has 13 nitrogen and oxygen atoms in total.